The predicted molar refractivity (Wildman–Crippen MR) is 74.6 cm³/mol. The van der Waals surface area contributed by atoms with E-state index in [4.69, 9.17) is 5.11 Å². The van der Waals surface area contributed by atoms with Crippen LogP contribution in [0.4, 0.5) is 0 Å². The SMILES string of the molecule is Cc1ccccc1[C@@H](NCCO)c1ccccc1. The third-order valence-corrected chi connectivity index (χ3v) is 3.09. The highest BCUT2D eigenvalue weighted by Crippen LogP contribution is 2.24. The van der Waals surface area contributed by atoms with Crippen LogP contribution < -0.4 is 5.32 Å². The number of aliphatic hydroxyl groups excluding tert-OH is 1. The maximum atomic E-state index is 9.02. The van der Waals surface area contributed by atoms with Crippen molar-refractivity contribution in [2.24, 2.45) is 0 Å². The maximum Gasteiger partial charge on any atom is 0.0580 e. The average molecular weight is 241 g/mol. The van der Waals surface area contributed by atoms with Crippen LogP contribution in [-0.2, 0) is 0 Å². The van der Waals surface area contributed by atoms with E-state index in [0.717, 1.165) is 0 Å². The molecule has 18 heavy (non-hydrogen) atoms. The van der Waals surface area contributed by atoms with Crippen LogP contribution in [0.15, 0.2) is 54.6 Å². The molecule has 0 bridgehead atoms. The first-order chi connectivity index (χ1) is 8.83. The van der Waals surface area contributed by atoms with Gasteiger partial charge in [-0.1, -0.05) is 54.6 Å². The van der Waals surface area contributed by atoms with Crippen LogP contribution in [0.3, 0.4) is 0 Å². The van der Waals surface area contributed by atoms with Crippen molar-refractivity contribution in [3.63, 3.8) is 0 Å². The van der Waals surface area contributed by atoms with Crippen molar-refractivity contribution in [2.45, 2.75) is 13.0 Å². The molecule has 1 atom stereocenters. The molecule has 2 aromatic carbocycles. The summed E-state index contributed by atoms with van der Waals surface area (Å²) in [6.45, 7) is 2.86. The normalized spacial score (nSPS) is 12.3. The van der Waals surface area contributed by atoms with Gasteiger partial charge in [-0.05, 0) is 23.6 Å². The zero-order chi connectivity index (χ0) is 12.8. The second-order valence-corrected chi connectivity index (χ2v) is 4.38. The van der Waals surface area contributed by atoms with Crippen molar-refractivity contribution < 1.29 is 5.11 Å². The second-order valence-electron chi connectivity index (χ2n) is 4.38. The van der Waals surface area contributed by atoms with Crippen LogP contribution in [0.1, 0.15) is 22.7 Å². The van der Waals surface area contributed by atoms with Crippen LogP contribution in [0.2, 0.25) is 0 Å². The van der Waals surface area contributed by atoms with Gasteiger partial charge in [0.05, 0.1) is 12.6 Å². The summed E-state index contributed by atoms with van der Waals surface area (Å²) in [7, 11) is 0. The molecule has 0 saturated carbocycles. The lowest BCUT2D eigenvalue weighted by molar-refractivity contribution is 0.288. The summed E-state index contributed by atoms with van der Waals surface area (Å²) >= 11 is 0. The summed E-state index contributed by atoms with van der Waals surface area (Å²) in [5, 5.41) is 12.4. The molecule has 0 unspecified atom stereocenters. The van der Waals surface area contributed by atoms with E-state index in [-0.39, 0.29) is 12.6 Å². The number of aryl methyl sites for hydroxylation is 1. The average Bonchev–Trinajstić information content (AvgIpc) is 2.42. The molecule has 0 heterocycles. The van der Waals surface area contributed by atoms with Crippen LogP contribution in [0.25, 0.3) is 0 Å². The van der Waals surface area contributed by atoms with Gasteiger partial charge in [-0.2, -0.15) is 0 Å². The molecule has 2 nitrogen and oxygen atoms in total. The first kappa shape index (κ1) is 12.8. The minimum Gasteiger partial charge on any atom is -0.395 e. The van der Waals surface area contributed by atoms with Crippen LogP contribution >= 0.6 is 0 Å². The Morgan fingerprint density at radius 3 is 2.33 bits per heavy atom. The van der Waals surface area contributed by atoms with Gasteiger partial charge in [0, 0.05) is 6.54 Å². The Balaban J connectivity index is 2.34. The third kappa shape index (κ3) is 2.97. The quantitative estimate of drug-likeness (QED) is 0.843. The molecule has 0 spiro atoms. The highest BCUT2D eigenvalue weighted by Gasteiger charge is 2.14. The molecule has 0 aliphatic rings. The van der Waals surface area contributed by atoms with Crippen LogP contribution in [0.5, 0.6) is 0 Å². The van der Waals surface area contributed by atoms with E-state index in [1.165, 1.54) is 16.7 Å². The molecule has 0 saturated heterocycles. The molecule has 94 valence electrons. The number of rotatable bonds is 5. The Morgan fingerprint density at radius 1 is 1.00 bits per heavy atom. The molecule has 2 rings (SSSR count). The summed E-state index contributed by atoms with van der Waals surface area (Å²) in [4.78, 5) is 0. The van der Waals surface area contributed by atoms with Gasteiger partial charge < -0.3 is 10.4 Å². The molecule has 0 aromatic heterocycles. The standard InChI is InChI=1S/C16H19NO/c1-13-7-5-6-10-15(13)16(17-11-12-18)14-8-3-2-4-9-14/h2-10,16-18H,11-12H2,1H3/t16-/m0/s1. The van der Waals surface area contributed by atoms with E-state index < -0.39 is 0 Å². The van der Waals surface area contributed by atoms with Gasteiger partial charge in [0.1, 0.15) is 0 Å². The van der Waals surface area contributed by atoms with Crippen molar-refractivity contribution in [3.8, 4) is 0 Å². The van der Waals surface area contributed by atoms with Crippen molar-refractivity contribution in [1.29, 1.82) is 0 Å². The van der Waals surface area contributed by atoms with Crippen molar-refractivity contribution >= 4 is 0 Å². The Bertz CT molecular complexity index is 481. The third-order valence-electron chi connectivity index (χ3n) is 3.09. The Hall–Kier alpha value is -1.64. The minimum absolute atomic E-state index is 0.138. The molecule has 0 aliphatic heterocycles. The number of hydrogen-bond acceptors (Lipinski definition) is 2. The monoisotopic (exact) mass is 241 g/mol. The Kier molecular flexibility index (Phi) is 4.51. The maximum absolute atomic E-state index is 9.02. The van der Waals surface area contributed by atoms with Gasteiger partial charge in [-0.3, -0.25) is 0 Å². The second kappa shape index (κ2) is 6.34. The van der Waals surface area contributed by atoms with Gasteiger partial charge in [-0.25, -0.2) is 0 Å². The number of hydrogen-bond donors (Lipinski definition) is 2. The Labute approximate surface area is 108 Å². The minimum atomic E-state index is 0.138. The van der Waals surface area contributed by atoms with E-state index >= 15 is 0 Å². The summed E-state index contributed by atoms with van der Waals surface area (Å²) in [5.41, 5.74) is 3.74. The van der Waals surface area contributed by atoms with Gasteiger partial charge in [0.25, 0.3) is 0 Å². The molecule has 0 radical (unpaired) electrons. The molecular weight excluding hydrogens is 222 g/mol. The van der Waals surface area contributed by atoms with Crippen LogP contribution in [-0.4, -0.2) is 18.3 Å². The summed E-state index contributed by atoms with van der Waals surface area (Å²) in [6, 6.07) is 18.8. The predicted octanol–water partition coefficient (Wildman–Crippen LogP) is 2.67. The van der Waals surface area contributed by atoms with Crippen molar-refractivity contribution in [2.75, 3.05) is 13.2 Å². The van der Waals surface area contributed by atoms with E-state index in [1.54, 1.807) is 0 Å². The highest BCUT2D eigenvalue weighted by atomic mass is 16.3. The van der Waals surface area contributed by atoms with E-state index in [1.807, 2.05) is 24.3 Å². The lowest BCUT2D eigenvalue weighted by Crippen LogP contribution is -2.26. The number of aliphatic hydroxyl groups is 1. The topological polar surface area (TPSA) is 32.3 Å². The molecule has 2 aromatic rings. The van der Waals surface area contributed by atoms with Gasteiger partial charge in [0.15, 0.2) is 0 Å². The smallest absolute Gasteiger partial charge is 0.0580 e. The first-order valence-electron chi connectivity index (χ1n) is 6.27. The molecule has 0 aliphatic carbocycles. The zero-order valence-corrected chi connectivity index (χ0v) is 10.6. The molecule has 0 amide bonds. The summed E-state index contributed by atoms with van der Waals surface area (Å²) in [5.74, 6) is 0. The van der Waals surface area contributed by atoms with Crippen molar-refractivity contribution in [1.82, 2.24) is 5.32 Å². The van der Waals surface area contributed by atoms with Crippen molar-refractivity contribution in [3.05, 3.63) is 71.3 Å². The first-order valence-corrected chi connectivity index (χ1v) is 6.27. The van der Waals surface area contributed by atoms with E-state index in [0.29, 0.717) is 6.54 Å². The van der Waals surface area contributed by atoms with Crippen LogP contribution in [0, 0.1) is 6.92 Å². The molecule has 2 heteroatoms. The van der Waals surface area contributed by atoms with Gasteiger partial charge in [-0.15, -0.1) is 0 Å². The summed E-state index contributed by atoms with van der Waals surface area (Å²) in [6.07, 6.45) is 0. The summed E-state index contributed by atoms with van der Waals surface area (Å²) < 4.78 is 0. The van der Waals surface area contributed by atoms with E-state index in [9.17, 15) is 0 Å². The molecule has 0 fully saturated rings. The Morgan fingerprint density at radius 2 is 1.67 bits per heavy atom. The fourth-order valence-corrected chi connectivity index (χ4v) is 2.17. The molecule has 2 N–H and O–H groups in total. The van der Waals surface area contributed by atoms with Gasteiger partial charge >= 0.3 is 0 Å². The fraction of sp³-hybridized carbons (Fsp3) is 0.250. The lowest BCUT2D eigenvalue weighted by atomic mass is 9.95. The zero-order valence-electron chi connectivity index (χ0n) is 10.6. The van der Waals surface area contributed by atoms with Gasteiger partial charge in [0.2, 0.25) is 0 Å². The largest absolute Gasteiger partial charge is 0.395 e. The lowest BCUT2D eigenvalue weighted by Gasteiger charge is -2.21. The highest BCUT2D eigenvalue weighted by molar-refractivity contribution is 5.36. The molecular formula is C16H19NO. The number of nitrogens with one attached hydrogen (secondary N) is 1. The van der Waals surface area contributed by atoms with E-state index in [2.05, 4.69) is 42.6 Å². The number of benzene rings is 2. The fourth-order valence-electron chi connectivity index (χ4n) is 2.17.